The molecule has 0 saturated heterocycles. The molecule has 6 nitrogen and oxygen atoms in total. The van der Waals surface area contributed by atoms with Crippen molar-refractivity contribution in [2.75, 3.05) is 6.61 Å². The Morgan fingerprint density at radius 1 is 1.07 bits per heavy atom. The Bertz CT molecular complexity index is 959. The van der Waals surface area contributed by atoms with Crippen LogP contribution in [-0.4, -0.2) is 27.8 Å². The van der Waals surface area contributed by atoms with E-state index in [0.29, 0.717) is 11.3 Å². The molecule has 28 heavy (non-hydrogen) atoms. The minimum absolute atomic E-state index is 0.0957. The van der Waals surface area contributed by atoms with Crippen molar-refractivity contribution < 1.29 is 19.7 Å². The van der Waals surface area contributed by atoms with Gasteiger partial charge in [0.2, 0.25) is 0 Å². The minimum Gasteiger partial charge on any atom is -0.487 e. The SMILES string of the molecule is NC(CO)c1cccc(-c2ccnc(COc3ccccc3CC(=O)O)c2)c1. The molecule has 0 amide bonds. The first-order valence-electron chi connectivity index (χ1n) is 8.91. The van der Waals surface area contributed by atoms with Gasteiger partial charge in [0.15, 0.2) is 0 Å². The zero-order chi connectivity index (χ0) is 19.9. The maximum Gasteiger partial charge on any atom is 0.307 e. The number of carboxylic acids is 1. The molecule has 2 aromatic carbocycles. The molecular formula is C22H22N2O4. The second kappa shape index (κ2) is 9.12. The summed E-state index contributed by atoms with van der Waals surface area (Å²) >= 11 is 0. The van der Waals surface area contributed by atoms with Gasteiger partial charge in [0, 0.05) is 11.8 Å². The van der Waals surface area contributed by atoms with Gasteiger partial charge in [-0.1, -0.05) is 36.4 Å². The summed E-state index contributed by atoms with van der Waals surface area (Å²) in [7, 11) is 0. The smallest absolute Gasteiger partial charge is 0.307 e. The van der Waals surface area contributed by atoms with Crippen LogP contribution in [0.1, 0.15) is 22.9 Å². The first kappa shape index (κ1) is 19.5. The average Bonchev–Trinajstić information content (AvgIpc) is 2.72. The predicted molar refractivity (Wildman–Crippen MR) is 106 cm³/mol. The van der Waals surface area contributed by atoms with Gasteiger partial charge in [-0.15, -0.1) is 0 Å². The van der Waals surface area contributed by atoms with Crippen molar-refractivity contribution in [2.24, 2.45) is 5.73 Å². The van der Waals surface area contributed by atoms with Gasteiger partial charge >= 0.3 is 5.97 Å². The maximum atomic E-state index is 11.0. The molecule has 0 bridgehead atoms. The fourth-order valence-corrected chi connectivity index (χ4v) is 2.90. The van der Waals surface area contributed by atoms with E-state index >= 15 is 0 Å². The largest absolute Gasteiger partial charge is 0.487 e. The van der Waals surface area contributed by atoms with Crippen LogP contribution >= 0.6 is 0 Å². The van der Waals surface area contributed by atoms with Crippen LogP contribution < -0.4 is 10.5 Å². The number of pyridine rings is 1. The number of aliphatic hydroxyl groups is 1. The Balaban J connectivity index is 1.77. The number of ether oxygens (including phenoxy) is 1. The van der Waals surface area contributed by atoms with Gasteiger partial charge in [0.1, 0.15) is 12.4 Å². The van der Waals surface area contributed by atoms with Crippen molar-refractivity contribution in [1.29, 1.82) is 0 Å². The van der Waals surface area contributed by atoms with Crippen molar-refractivity contribution in [3.8, 4) is 16.9 Å². The summed E-state index contributed by atoms with van der Waals surface area (Å²) in [4.78, 5) is 15.3. The van der Waals surface area contributed by atoms with E-state index in [1.807, 2.05) is 36.4 Å². The molecule has 1 aromatic heterocycles. The lowest BCUT2D eigenvalue weighted by atomic mass is 10.0. The quantitative estimate of drug-likeness (QED) is 0.556. The molecule has 0 aliphatic carbocycles. The third-order valence-electron chi connectivity index (χ3n) is 4.35. The number of aliphatic hydroxyl groups excluding tert-OH is 1. The Morgan fingerprint density at radius 3 is 2.64 bits per heavy atom. The van der Waals surface area contributed by atoms with Gasteiger partial charge in [-0.2, -0.15) is 0 Å². The van der Waals surface area contributed by atoms with E-state index in [0.717, 1.165) is 22.4 Å². The van der Waals surface area contributed by atoms with Gasteiger partial charge in [-0.05, 0) is 41.0 Å². The maximum absolute atomic E-state index is 11.0. The number of aromatic nitrogens is 1. The number of hydrogen-bond acceptors (Lipinski definition) is 5. The van der Waals surface area contributed by atoms with E-state index < -0.39 is 12.0 Å². The molecule has 4 N–H and O–H groups in total. The second-order valence-electron chi connectivity index (χ2n) is 6.42. The van der Waals surface area contributed by atoms with E-state index in [1.165, 1.54) is 0 Å². The number of nitrogens with two attached hydrogens (primary N) is 1. The van der Waals surface area contributed by atoms with Gasteiger partial charge in [-0.3, -0.25) is 9.78 Å². The molecule has 0 radical (unpaired) electrons. The second-order valence-corrected chi connectivity index (χ2v) is 6.42. The molecule has 0 aliphatic rings. The Morgan fingerprint density at radius 2 is 1.86 bits per heavy atom. The molecule has 144 valence electrons. The summed E-state index contributed by atoms with van der Waals surface area (Å²) in [6, 6.07) is 18.2. The summed E-state index contributed by atoms with van der Waals surface area (Å²) in [6.07, 6.45) is 1.61. The zero-order valence-corrected chi connectivity index (χ0v) is 15.3. The first-order chi connectivity index (χ1) is 13.6. The summed E-state index contributed by atoms with van der Waals surface area (Å²) < 4.78 is 5.82. The molecule has 0 aliphatic heterocycles. The van der Waals surface area contributed by atoms with Gasteiger partial charge < -0.3 is 20.7 Å². The number of nitrogens with zero attached hydrogens (tertiary/aromatic N) is 1. The van der Waals surface area contributed by atoms with Crippen molar-refractivity contribution >= 4 is 5.97 Å². The van der Waals surface area contributed by atoms with Crippen LogP contribution in [0.5, 0.6) is 5.75 Å². The highest BCUT2D eigenvalue weighted by Gasteiger charge is 2.09. The standard InChI is InChI=1S/C22H22N2O4/c23-20(13-25)17-6-3-5-15(10-17)16-8-9-24-19(11-16)14-28-21-7-2-1-4-18(21)12-22(26)27/h1-11,20,25H,12-14,23H2,(H,26,27). The number of benzene rings is 2. The van der Waals surface area contributed by atoms with Gasteiger partial charge in [-0.25, -0.2) is 0 Å². The molecule has 0 saturated carbocycles. The van der Waals surface area contributed by atoms with Crippen molar-refractivity contribution in [3.63, 3.8) is 0 Å². The first-order valence-corrected chi connectivity index (χ1v) is 8.91. The Kier molecular flexibility index (Phi) is 6.37. The molecule has 1 heterocycles. The average molecular weight is 378 g/mol. The van der Waals surface area contributed by atoms with Crippen molar-refractivity contribution in [2.45, 2.75) is 19.1 Å². The Labute approximate surface area is 163 Å². The van der Waals surface area contributed by atoms with Crippen LogP contribution in [0.15, 0.2) is 66.9 Å². The number of carboxylic acid groups (broad SMARTS) is 1. The van der Waals surface area contributed by atoms with Gasteiger partial charge in [0.25, 0.3) is 0 Å². The molecule has 6 heteroatoms. The summed E-state index contributed by atoms with van der Waals surface area (Å²) in [5, 5.41) is 18.3. The van der Waals surface area contributed by atoms with Gasteiger partial charge in [0.05, 0.1) is 24.8 Å². The fourth-order valence-electron chi connectivity index (χ4n) is 2.90. The Hall–Kier alpha value is -3.22. The van der Waals surface area contributed by atoms with E-state index in [1.54, 1.807) is 30.5 Å². The lowest BCUT2D eigenvalue weighted by molar-refractivity contribution is -0.136. The van der Waals surface area contributed by atoms with E-state index in [4.69, 9.17) is 15.6 Å². The molecule has 0 fully saturated rings. The number of para-hydroxylation sites is 1. The topological polar surface area (TPSA) is 106 Å². The molecule has 0 spiro atoms. The molecule has 1 unspecified atom stereocenters. The van der Waals surface area contributed by atoms with Crippen molar-refractivity contribution in [1.82, 2.24) is 4.98 Å². The fraction of sp³-hybridized carbons (Fsp3) is 0.182. The highest BCUT2D eigenvalue weighted by atomic mass is 16.5. The van der Waals surface area contributed by atoms with E-state index in [2.05, 4.69) is 4.98 Å². The molecular weight excluding hydrogens is 356 g/mol. The number of aliphatic carboxylic acids is 1. The summed E-state index contributed by atoms with van der Waals surface area (Å²) in [6.45, 7) is 0.106. The van der Waals surface area contributed by atoms with Crippen LogP contribution in [0.4, 0.5) is 0 Å². The highest BCUT2D eigenvalue weighted by Crippen LogP contribution is 2.24. The lowest BCUT2D eigenvalue weighted by Gasteiger charge is -2.12. The van der Waals surface area contributed by atoms with Crippen molar-refractivity contribution in [3.05, 3.63) is 83.7 Å². The highest BCUT2D eigenvalue weighted by molar-refractivity contribution is 5.71. The number of hydrogen-bond donors (Lipinski definition) is 3. The zero-order valence-electron chi connectivity index (χ0n) is 15.3. The minimum atomic E-state index is -0.905. The molecule has 3 rings (SSSR count). The van der Waals surface area contributed by atoms with Crippen LogP contribution in [0.3, 0.4) is 0 Å². The molecule has 3 aromatic rings. The molecule has 1 atom stereocenters. The van der Waals surface area contributed by atoms with E-state index in [-0.39, 0.29) is 19.6 Å². The van der Waals surface area contributed by atoms with Crippen LogP contribution in [0, 0.1) is 0 Å². The number of carbonyl (C=O) groups is 1. The lowest BCUT2D eigenvalue weighted by Crippen LogP contribution is -2.14. The predicted octanol–water partition coefficient (Wildman–Crippen LogP) is 2.95. The van der Waals surface area contributed by atoms with E-state index in [9.17, 15) is 9.90 Å². The third-order valence-corrected chi connectivity index (χ3v) is 4.35. The third kappa shape index (κ3) is 4.94. The summed E-state index contributed by atoms with van der Waals surface area (Å²) in [5.74, 6) is -0.370. The monoisotopic (exact) mass is 378 g/mol. The normalized spacial score (nSPS) is 11.8. The summed E-state index contributed by atoms with van der Waals surface area (Å²) in [5.41, 5.74) is 10.0. The van der Waals surface area contributed by atoms with Crippen LogP contribution in [0.25, 0.3) is 11.1 Å². The number of rotatable bonds is 8. The van der Waals surface area contributed by atoms with Crippen LogP contribution in [-0.2, 0) is 17.8 Å². The van der Waals surface area contributed by atoms with Crippen LogP contribution in [0.2, 0.25) is 0 Å².